The molecule has 0 atom stereocenters. The van der Waals surface area contributed by atoms with Crippen molar-refractivity contribution in [1.82, 2.24) is 0 Å². The fourth-order valence-electron chi connectivity index (χ4n) is 2.57. The van der Waals surface area contributed by atoms with Crippen molar-refractivity contribution in [2.75, 3.05) is 41.8 Å². The van der Waals surface area contributed by atoms with Gasteiger partial charge in [0.25, 0.3) is 0 Å². The molecule has 1 saturated heterocycles. The molecule has 0 aromatic heterocycles. The van der Waals surface area contributed by atoms with Gasteiger partial charge in [0.05, 0.1) is 24.6 Å². The Hall–Kier alpha value is -2.25. The zero-order chi connectivity index (χ0) is 16.9. The molecule has 1 aliphatic rings. The lowest BCUT2D eigenvalue weighted by molar-refractivity contribution is 0.123. The second-order valence-corrected chi connectivity index (χ2v) is 5.76. The molecule has 1 fully saturated rings. The highest BCUT2D eigenvalue weighted by Gasteiger charge is 2.15. The molecule has 24 heavy (non-hydrogen) atoms. The van der Waals surface area contributed by atoms with Crippen molar-refractivity contribution in [3.05, 3.63) is 54.1 Å². The lowest BCUT2D eigenvalue weighted by Gasteiger charge is -2.30. The number of rotatable bonds is 3. The van der Waals surface area contributed by atoms with E-state index < -0.39 is 11.6 Å². The number of halogens is 2. The van der Waals surface area contributed by atoms with E-state index in [-0.39, 0.29) is 10.8 Å². The van der Waals surface area contributed by atoms with Crippen LogP contribution in [0.15, 0.2) is 42.5 Å². The summed E-state index contributed by atoms with van der Waals surface area (Å²) in [7, 11) is 0. The van der Waals surface area contributed by atoms with Gasteiger partial charge in [0.2, 0.25) is 0 Å². The number of para-hydroxylation sites is 2. The van der Waals surface area contributed by atoms with Crippen LogP contribution in [-0.4, -0.2) is 31.4 Å². The van der Waals surface area contributed by atoms with E-state index in [1.807, 2.05) is 24.3 Å². The SMILES string of the molecule is Fc1cc(F)cc(NC(=S)Nc2ccccc2N2CCOCC2)c1. The first-order valence-electron chi connectivity index (χ1n) is 7.57. The Kier molecular flexibility index (Phi) is 5.22. The van der Waals surface area contributed by atoms with Crippen molar-refractivity contribution >= 4 is 34.4 Å². The lowest BCUT2D eigenvalue weighted by Crippen LogP contribution is -2.36. The van der Waals surface area contributed by atoms with Crippen LogP contribution < -0.4 is 15.5 Å². The maximum Gasteiger partial charge on any atom is 0.175 e. The van der Waals surface area contributed by atoms with Gasteiger partial charge in [-0.1, -0.05) is 12.1 Å². The third-order valence-electron chi connectivity index (χ3n) is 3.62. The van der Waals surface area contributed by atoms with Gasteiger partial charge < -0.3 is 20.3 Å². The molecule has 0 amide bonds. The van der Waals surface area contributed by atoms with Crippen molar-refractivity contribution in [1.29, 1.82) is 0 Å². The summed E-state index contributed by atoms with van der Waals surface area (Å²) in [5, 5.41) is 6.15. The molecule has 1 heterocycles. The predicted molar refractivity (Wildman–Crippen MR) is 95.7 cm³/mol. The van der Waals surface area contributed by atoms with Crippen molar-refractivity contribution in [2.24, 2.45) is 0 Å². The van der Waals surface area contributed by atoms with Gasteiger partial charge in [0.1, 0.15) is 11.6 Å². The van der Waals surface area contributed by atoms with Crippen LogP contribution in [0.2, 0.25) is 0 Å². The largest absolute Gasteiger partial charge is 0.378 e. The van der Waals surface area contributed by atoms with Gasteiger partial charge in [0, 0.05) is 24.8 Å². The Morgan fingerprint density at radius 3 is 2.38 bits per heavy atom. The zero-order valence-electron chi connectivity index (χ0n) is 12.9. The van der Waals surface area contributed by atoms with Crippen LogP contribution in [0, 0.1) is 11.6 Å². The highest BCUT2D eigenvalue weighted by molar-refractivity contribution is 7.80. The first-order valence-corrected chi connectivity index (χ1v) is 7.98. The summed E-state index contributed by atoms with van der Waals surface area (Å²) in [5.41, 5.74) is 2.10. The molecule has 7 heteroatoms. The Morgan fingerprint density at radius 1 is 1.00 bits per heavy atom. The van der Waals surface area contributed by atoms with Gasteiger partial charge in [-0.05, 0) is 36.5 Å². The lowest BCUT2D eigenvalue weighted by atomic mass is 10.2. The first-order chi connectivity index (χ1) is 11.6. The highest BCUT2D eigenvalue weighted by atomic mass is 32.1. The number of thiocarbonyl (C=S) groups is 1. The minimum absolute atomic E-state index is 0.258. The van der Waals surface area contributed by atoms with E-state index in [1.54, 1.807) is 0 Å². The Bertz CT molecular complexity index is 715. The molecule has 3 rings (SSSR count). The standard InChI is InChI=1S/C17H17F2N3OS/c18-12-9-13(19)11-14(10-12)20-17(24)21-15-3-1-2-4-16(15)22-5-7-23-8-6-22/h1-4,9-11H,5-8H2,(H2,20,21,24). The quantitative estimate of drug-likeness (QED) is 0.828. The molecule has 0 aliphatic carbocycles. The molecule has 4 nitrogen and oxygen atoms in total. The maximum atomic E-state index is 13.3. The zero-order valence-corrected chi connectivity index (χ0v) is 13.7. The molecular formula is C17H17F2N3OS. The normalized spacial score (nSPS) is 14.3. The molecule has 126 valence electrons. The summed E-state index contributed by atoms with van der Waals surface area (Å²) in [6.45, 7) is 2.96. The summed E-state index contributed by atoms with van der Waals surface area (Å²) in [5.74, 6) is -1.32. The van der Waals surface area contributed by atoms with Gasteiger partial charge >= 0.3 is 0 Å². The van der Waals surface area contributed by atoms with Crippen molar-refractivity contribution in [2.45, 2.75) is 0 Å². The topological polar surface area (TPSA) is 36.5 Å². The average Bonchev–Trinajstić information content (AvgIpc) is 2.55. The van der Waals surface area contributed by atoms with Crippen molar-refractivity contribution in [3.63, 3.8) is 0 Å². The van der Waals surface area contributed by atoms with E-state index in [4.69, 9.17) is 17.0 Å². The van der Waals surface area contributed by atoms with Gasteiger partial charge in [-0.15, -0.1) is 0 Å². The van der Waals surface area contributed by atoms with Crippen LogP contribution in [0.3, 0.4) is 0 Å². The monoisotopic (exact) mass is 349 g/mol. The first kappa shape index (κ1) is 16.6. The highest BCUT2D eigenvalue weighted by Crippen LogP contribution is 2.26. The number of hydrogen-bond donors (Lipinski definition) is 2. The molecule has 0 spiro atoms. The fourth-order valence-corrected chi connectivity index (χ4v) is 2.80. The summed E-state index contributed by atoms with van der Waals surface area (Å²) < 4.78 is 31.9. The average molecular weight is 349 g/mol. The molecule has 0 bridgehead atoms. The molecule has 1 aliphatic heterocycles. The van der Waals surface area contributed by atoms with E-state index in [2.05, 4.69) is 15.5 Å². The summed E-state index contributed by atoms with van der Waals surface area (Å²) in [4.78, 5) is 2.20. The third-order valence-corrected chi connectivity index (χ3v) is 3.83. The Labute approximate surface area is 144 Å². The number of benzene rings is 2. The van der Waals surface area contributed by atoms with Gasteiger partial charge in [-0.25, -0.2) is 8.78 Å². The van der Waals surface area contributed by atoms with E-state index >= 15 is 0 Å². The van der Waals surface area contributed by atoms with E-state index in [0.29, 0.717) is 13.2 Å². The number of nitrogens with zero attached hydrogens (tertiary/aromatic N) is 1. The van der Waals surface area contributed by atoms with Crippen molar-refractivity contribution < 1.29 is 13.5 Å². The molecule has 0 saturated carbocycles. The van der Waals surface area contributed by atoms with Crippen LogP contribution in [-0.2, 0) is 4.74 Å². The maximum absolute atomic E-state index is 13.3. The summed E-state index contributed by atoms with van der Waals surface area (Å²) in [6.07, 6.45) is 0. The third kappa shape index (κ3) is 4.18. The summed E-state index contributed by atoms with van der Waals surface area (Å²) in [6, 6.07) is 10.9. The molecular weight excluding hydrogens is 332 g/mol. The fraction of sp³-hybridized carbons (Fsp3) is 0.235. The number of hydrogen-bond acceptors (Lipinski definition) is 3. The van der Waals surface area contributed by atoms with Crippen LogP contribution in [0.4, 0.5) is 25.8 Å². The van der Waals surface area contributed by atoms with E-state index in [1.165, 1.54) is 12.1 Å². The number of ether oxygens (including phenoxy) is 1. The molecule has 0 radical (unpaired) electrons. The van der Waals surface area contributed by atoms with Crippen LogP contribution >= 0.6 is 12.2 Å². The van der Waals surface area contributed by atoms with Crippen LogP contribution in [0.25, 0.3) is 0 Å². The number of anilines is 3. The van der Waals surface area contributed by atoms with Crippen LogP contribution in [0.1, 0.15) is 0 Å². The smallest absolute Gasteiger partial charge is 0.175 e. The Balaban J connectivity index is 1.72. The second-order valence-electron chi connectivity index (χ2n) is 5.35. The Morgan fingerprint density at radius 2 is 1.67 bits per heavy atom. The molecule has 0 unspecified atom stereocenters. The second kappa shape index (κ2) is 7.55. The summed E-state index contributed by atoms with van der Waals surface area (Å²) >= 11 is 5.26. The van der Waals surface area contributed by atoms with Gasteiger partial charge in [0.15, 0.2) is 5.11 Å². The van der Waals surface area contributed by atoms with E-state index in [0.717, 1.165) is 30.5 Å². The van der Waals surface area contributed by atoms with E-state index in [9.17, 15) is 8.78 Å². The van der Waals surface area contributed by atoms with Crippen molar-refractivity contribution in [3.8, 4) is 0 Å². The molecule has 2 aromatic rings. The minimum Gasteiger partial charge on any atom is -0.378 e. The van der Waals surface area contributed by atoms with Gasteiger partial charge in [-0.2, -0.15) is 0 Å². The minimum atomic E-state index is -0.658. The van der Waals surface area contributed by atoms with Crippen LogP contribution in [0.5, 0.6) is 0 Å². The molecule has 2 N–H and O–H groups in total. The van der Waals surface area contributed by atoms with Gasteiger partial charge in [-0.3, -0.25) is 0 Å². The predicted octanol–water partition coefficient (Wildman–Crippen LogP) is 3.61. The number of morpholine rings is 1. The number of nitrogens with one attached hydrogen (secondary N) is 2. The molecule has 2 aromatic carbocycles.